The Morgan fingerprint density at radius 1 is 0.778 bits per heavy atom. The number of para-hydroxylation sites is 2. The molecule has 0 aliphatic heterocycles. The normalized spacial score (nSPS) is 11.2. The molecule has 27 heavy (non-hydrogen) atoms. The highest BCUT2D eigenvalue weighted by Crippen LogP contribution is 2.28. The molecule has 4 heteroatoms. The largest absolute Gasteiger partial charge is 0.493 e. The molecule has 0 aliphatic rings. The number of rotatable bonds is 5. The minimum Gasteiger partial charge on any atom is -0.493 e. The summed E-state index contributed by atoms with van der Waals surface area (Å²) in [6.45, 7) is 0. The average Bonchev–Trinajstić information content (AvgIpc) is 3.16. The molecule has 0 saturated carbocycles. The van der Waals surface area contributed by atoms with E-state index in [1.807, 2.05) is 48.5 Å². The van der Waals surface area contributed by atoms with Gasteiger partial charge in [0.05, 0.1) is 25.3 Å². The first-order chi connectivity index (χ1) is 13.3. The van der Waals surface area contributed by atoms with Crippen LogP contribution in [0.5, 0.6) is 11.5 Å². The van der Waals surface area contributed by atoms with Crippen molar-refractivity contribution in [2.24, 2.45) is 0 Å². The topological polar surface area (TPSA) is 47.1 Å². The second kappa shape index (κ2) is 7.38. The second-order valence-electron chi connectivity index (χ2n) is 6.18. The molecule has 0 fully saturated rings. The molecule has 4 aromatic rings. The summed E-state index contributed by atoms with van der Waals surface area (Å²) >= 11 is 0. The molecule has 1 heterocycles. The van der Waals surface area contributed by atoms with Crippen LogP contribution in [0.2, 0.25) is 0 Å². The number of nitrogens with one attached hydrogen (secondary N) is 1. The van der Waals surface area contributed by atoms with Crippen molar-refractivity contribution in [3.8, 4) is 22.9 Å². The monoisotopic (exact) mass is 356 g/mol. The van der Waals surface area contributed by atoms with E-state index in [1.54, 1.807) is 14.2 Å². The molecule has 0 radical (unpaired) electrons. The first-order valence-corrected chi connectivity index (χ1v) is 8.72. The molecule has 4 nitrogen and oxygen atoms in total. The van der Waals surface area contributed by atoms with Gasteiger partial charge in [0.15, 0.2) is 11.5 Å². The van der Waals surface area contributed by atoms with E-state index in [-0.39, 0.29) is 0 Å². The highest BCUT2D eigenvalue weighted by Gasteiger charge is 2.05. The SMILES string of the molecule is COc1ccc(C=Cc2cccc(-c3nc4ccccc4[nH]3)c2)cc1OC. The zero-order valence-corrected chi connectivity index (χ0v) is 15.3. The summed E-state index contributed by atoms with van der Waals surface area (Å²) in [6, 6.07) is 22.2. The molecule has 0 saturated heterocycles. The van der Waals surface area contributed by atoms with Crippen LogP contribution in [0, 0.1) is 0 Å². The Morgan fingerprint density at radius 2 is 1.56 bits per heavy atom. The van der Waals surface area contributed by atoms with Crippen LogP contribution in [0.25, 0.3) is 34.6 Å². The molecule has 0 aliphatic carbocycles. The average molecular weight is 356 g/mol. The van der Waals surface area contributed by atoms with E-state index in [1.165, 1.54) is 0 Å². The van der Waals surface area contributed by atoms with Crippen LogP contribution >= 0.6 is 0 Å². The summed E-state index contributed by atoms with van der Waals surface area (Å²) in [5, 5.41) is 0. The Labute approximate surface area is 158 Å². The standard InChI is InChI=1S/C23H20N2O2/c1-26-21-13-12-17(15-22(21)27-2)11-10-16-6-5-7-18(14-16)23-24-19-8-3-4-9-20(19)25-23/h3-15H,1-2H3,(H,24,25). The number of H-pyrrole nitrogens is 1. The Bertz CT molecular complexity index is 1080. The lowest BCUT2D eigenvalue weighted by molar-refractivity contribution is 0.355. The quantitative estimate of drug-likeness (QED) is 0.486. The summed E-state index contributed by atoms with van der Waals surface area (Å²) in [5.41, 5.74) is 5.21. The first kappa shape index (κ1) is 16.9. The van der Waals surface area contributed by atoms with Crippen molar-refractivity contribution in [3.05, 3.63) is 77.9 Å². The number of ether oxygens (including phenoxy) is 2. The fourth-order valence-corrected chi connectivity index (χ4v) is 3.03. The van der Waals surface area contributed by atoms with Gasteiger partial charge in [-0.25, -0.2) is 4.98 Å². The number of hydrogen-bond donors (Lipinski definition) is 1. The zero-order chi connectivity index (χ0) is 18.6. The lowest BCUT2D eigenvalue weighted by Crippen LogP contribution is -1.90. The number of hydrogen-bond acceptors (Lipinski definition) is 3. The number of aromatic amines is 1. The predicted molar refractivity (Wildman–Crippen MR) is 110 cm³/mol. The van der Waals surface area contributed by atoms with Crippen LogP contribution in [0.4, 0.5) is 0 Å². The summed E-state index contributed by atoms with van der Waals surface area (Å²) in [5.74, 6) is 2.31. The molecule has 0 spiro atoms. The van der Waals surface area contributed by atoms with Gasteiger partial charge in [0.25, 0.3) is 0 Å². The lowest BCUT2D eigenvalue weighted by atomic mass is 10.1. The molecule has 1 N–H and O–H groups in total. The minimum atomic E-state index is 0.718. The third-order valence-corrected chi connectivity index (χ3v) is 4.43. The van der Waals surface area contributed by atoms with Crippen molar-refractivity contribution in [1.29, 1.82) is 0 Å². The Hall–Kier alpha value is -3.53. The summed E-state index contributed by atoms with van der Waals surface area (Å²) in [4.78, 5) is 8.05. The van der Waals surface area contributed by atoms with E-state index in [0.717, 1.165) is 45.0 Å². The van der Waals surface area contributed by atoms with Gasteiger partial charge in [0.1, 0.15) is 5.82 Å². The minimum absolute atomic E-state index is 0.718. The van der Waals surface area contributed by atoms with Gasteiger partial charge in [-0.15, -0.1) is 0 Å². The highest BCUT2D eigenvalue weighted by atomic mass is 16.5. The van der Waals surface area contributed by atoms with Crippen molar-refractivity contribution in [2.75, 3.05) is 14.2 Å². The van der Waals surface area contributed by atoms with E-state index in [2.05, 4.69) is 40.3 Å². The van der Waals surface area contributed by atoms with Crippen LogP contribution in [0.1, 0.15) is 11.1 Å². The predicted octanol–water partition coefficient (Wildman–Crippen LogP) is 5.42. The van der Waals surface area contributed by atoms with Gasteiger partial charge in [0, 0.05) is 5.56 Å². The molecule has 0 amide bonds. The van der Waals surface area contributed by atoms with Gasteiger partial charge >= 0.3 is 0 Å². The number of aromatic nitrogens is 2. The third-order valence-electron chi connectivity index (χ3n) is 4.43. The van der Waals surface area contributed by atoms with Crippen molar-refractivity contribution in [2.45, 2.75) is 0 Å². The van der Waals surface area contributed by atoms with Gasteiger partial charge in [-0.05, 0) is 41.5 Å². The van der Waals surface area contributed by atoms with Gasteiger partial charge in [-0.1, -0.05) is 48.6 Å². The van der Waals surface area contributed by atoms with Gasteiger partial charge < -0.3 is 14.5 Å². The number of imidazole rings is 1. The van der Waals surface area contributed by atoms with Crippen LogP contribution in [0.15, 0.2) is 66.7 Å². The van der Waals surface area contributed by atoms with Crippen molar-refractivity contribution >= 4 is 23.2 Å². The van der Waals surface area contributed by atoms with Crippen LogP contribution in [-0.4, -0.2) is 24.2 Å². The Balaban J connectivity index is 1.62. The molecule has 1 aromatic heterocycles. The van der Waals surface area contributed by atoms with E-state index >= 15 is 0 Å². The molecular formula is C23H20N2O2. The van der Waals surface area contributed by atoms with Gasteiger partial charge in [-0.2, -0.15) is 0 Å². The third kappa shape index (κ3) is 3.55. The molecule has 0 bridgehead atoms. The fraction of sp³-hybridized carbons (Fsp3) is 0.0870. The van der Waals surface area contributed by atoms with Crippen LogP contribution < -0.4 is 9.47 Å². The van der Waals surface area contributed by atoms with Crippen LogP contribution in [0.3, 0.4) is 0 Å². The fourth-order valence-electron chi connectivity index (χ4n) is 3.03. The van der Waals surface area contributed by atoms with Crippen molar-refractivity contribution < 1.29 is 9.47 Å². The summed E-state index contributed by atoms with van der Waals surface area (Å²) in [6.07, 6.45) is 4.13. The van der Waals surface area contributed by atoms with Gasteiger partial charge in [-0.3, -0.25) is 0 Å². The van der Waals surface area contributed by atoms with Crippen molar-refractivity contribution in [3.63, 3.8) is 0 Å². The molecular weight excluding hydrogens is 336 g/mol. The van der Waals surface area contributed by atoms with E-state index < -0.39 is 0 Å². The second-order valence-corrected chi connectivity index (χ2v) is 6.18. The molecule has 3 aromatic carbocycles. The maximum absolute atomic E-state index is 5.36. The lowest BCUT2D eigenvalue weighted by Gasteiger charge is -2.07. The van der Waals surface area contributed by atoms with E-state index in [9.17, 15) is 0 Å². The maximum atomic E-state index is 5.36. The Kier molecular flexibility index (Phi) is 4.62. The zero-order valence-electron chi connectivity index (χ0n) is 15.3. The maximum Gasteiger partial charge on any atom is 0.161 e. The molecule has 134 valence electrons. The van der Waals surface area contributed by atoms with E-state index in [0.29, 0.717) is 0 Å². The summed E-state index contributed by atoms with van der Waals surface area (Å²) in [7, 11) is 3.28. The molecule has 4 rings (SSSR count). The number of nitrogens with zero attached hydrogens (tertiary/aromatic N) is 1. The van der Waals surface area contributed by atoms with Crippen molar-refractivity contribution in [1.82, 2.24) is 9.97 Å². The molecule has 0 unspecified atom stereocenters. The number of methoxy groups -OCH3 is 2. The smallest absolute Gasteiger partial charge is 0.161 e. The molecule has 0 atom stereocenters. The Morgan fingerprint density at radius 3 is 2.33 bits per heavy atom. The van der Waals surface area contributed by atoms with E-state index in [4.69, 9.17) is 9.47 Å². The highest BCUT2D eigenvalue weighted by molar-refractivity contribution is 5.80. The number of fused-ring (bicyclic) bond motifs is 1. The first-order valence-electron chi connectivity index (χ1n) is 8.72. The number of benzene rings is 3. The van der Waals surface area contributed by atoms with Crippen LogP contribution in [-0.2, 0) is 0 Å². The van der Waals surface area contributed by atoms with Gasteiger partial charge in [0.2, 0.25) is 0 Å². The summed E-state index contributed by atoms with van der Waals surface area (Å²) < 4.78 is 10.6.